The predicted molar refractivity (Wildman–Crippen MR) is 72.9 cm³/mol. The summed E-state index contributed by atoms with van der Waals surface area (Å²) in [5.74, 6) is 2.17. The number of ether oxygens (including phenoxy) is 2. The highest BCUT2D eigenvalue weighted by molar-refractivity contribution is 7.99. The molecule has 104 valence electrons. The summed E-state index contributed by atoms with van der Waals surface area (Å²) in [6.07, 6.45) is 3.24. The zero-order chi connectivity index (χ0) is 13.0. The first kappa shape index (κ1) is 14.2. The fourth-order valence-corrected chi connectivity index (χ4v) is 4.28. The minimum Gasteiger partial charge on any atom is -0.468 e. The van der Waals surface area contributed by atoms with E-state index in [1.807, 2.05) is 11.8 Å². The Morgan fingerprint density at radius 3 is 3.06 bits per heavy atom. The fourth-order valence-electron chi connectivity index (χ4n) is 2.91. The minimum absolute atomic E-state index is 0.0805. The second-order valence-corrected chi connectivity index (χ2v) is 6.23. The Morgan fingerprint density at radius 1 is 1.61 bits per heavy atom. The molecule has 1 spiro atoms. The lowest BCUT2D eigenvalue weighted by molar-refractivity contribution is -0.144. The number of methoxy groups -OCH3 is 1. The Morgan fingerprint density at radius 2 is 2.44 bits per heavy atom. The van der Waals surface area contributed by atoms with Gasteiger partial charge in [0, 0.05) is 18.4 Å². The normalized spacial score (nSPS) is 32.1. The van der Waals surface area contributed by atoms with Gasteiger partial charge in [0.1, 0.15) is 0 Å². The zero-order valence-corrected chi connectivity index (χ0v) is 12.1. The molecule has 5 heteroatoms. The summed E-state index contributed by atoms with van der Waals surface area (Å²) >= 11 is 1.98. The van der Waals surface area contributed by atoms with Crippen molar-refractivity contribution in [1.29, 1.82) is 0 Å². The number of nitrogens with zero attached hydrogens (tertiary/aromatic N) is 1. The van der Waals surface area contributed by atoms with Crippen molar-refractivity contribution < 1.29 is 14.3 Å². The molecule has 0 N–H and O–H groups in total. The highest BCUT2D eigenvalue weighted by Crippen LogP contribution is 2.39. The van der Waals surface area contributed by atoms with Crippen LogP contribution in [0, 0.1) is 0 Å². The molecular weight excluding hydrogens is 250 g/mol. The lowest BCUT2D eigenvalue weighted by atomic mass is 9.89. The molecule has 2 heterocycles. The minimum atomic E-state index is -0.141. The molecule has 2 aliphatic rings. The van der Waals surface area contributed by atoms with Gasteiger partial charge in [-0.1, -0.05) is 6.92 Å². The smallest absolute Gasteiger partial charge is 0.319 e. The maximum atomic E-state index is 11.4. The number of thioether (sulfide) groups is 1. The van der Waals surface area contributed by atoms with Gasteiger partial charge in [-0.3, -0.25) is 9.69 Å². The highest BCUT2D eigenvalue weighted by atomic mass is 32.2. The first-order valence-electron chi connectivity index (χ1n) is 6.72. The summed E-state index contributed by atoms with van der Waals surface area (Å²) in [7, 11) is 1.45. The van der Waals surface area contributed by atoms with Crippen molar-refractivity contribution in [2.45, 2.75) is 37.8 Å². The third-order valence-electron chi connectivity index (χ3n) is 4.02. The number of carbonyl (C=O) groups excluding carboxylic acids is 1. The van der Waals surface area contributed by atoms with E-state index in [4.69, 9.17) is 9.47 Å². The number of hydrogen-bond acceptors (Lipinski definition) is 5. The van der Waals surface area contributed by atoms with E-state index in [2.05, 4.69) is 11.8 Å². The third-order valence-corrected chi connectivity index (χ3v) is 5.24. The number of hydrogen-bond donors (Lipinski definition) is 0. The van der Waals surface area contributed by atoms with Crippen LogP contribution in [0.15, 0.2) is 0 Å². The molecule has 0 aromatic carbocycles. The second-order valence-electron chi connectivity index (χ2n) is 5.12. The van der Waals surface area contributed by atoms with Crippen LogP contribution in [0.1, 0.15) is 26.2 Å². The molecule has 2 rings (SSSR count). The molecule has 0 saturated carbocycles. The van der Waals surface area contributed by atoms with E-state index in [-0.39, 0.29) is 11.6 Å². The van der Waals surface area contributed by atoms with E-state index >= 15 is 0 Å². The Hall–Kier alpha value is -0.260. The lowest BCUT2D eigenvalue weighted by Gasteiger charge is -2.42. The van der Waals surface area contributed by atoms with Gasteiger partial charge in [-0.15, -0.1) is 0 Å². The topological polar surface area (TPSA) is 38.8 Å². The molecule has 2 aliphatic heterocycles. The van der Waals surface area contributed by atoms with Gasteiger partial charge in [0.25, 0.3) is 0 Å². The van der Waals surface area contributed by atoms with E-state index < -0.39 is 0 Å². The molecule has 18 heavy (non-hydrogen) atoms. The van der Waals surface area contributed by atoms with Gasteiger partial charge in [0.15, 0.2) is 0 Å². The Balaban J connectivity index is 1.95. The van der Waals surface area contributed by atoms with Gasteiger partial charge < -0.3 is 9.47 Å². The van der Waals surface area contributed by atoms with Gasteiger partial charge in [-0.05, 0) is 31.6 Å². The monoisotopic (exact) mass is 273 g/mol. The summed E-state index contributed by atoms with van der Waals surface area (Å²) in [6.45, 7) is 4.22. The number of rotatable bonds is 4. The molecule has 4 nitrogen and oxygen atoms in total. The standard InChI is InChI=1S/C13H23NO3S/c1-3-14(9-12(15)16-2)11-4-6-17-13(8-11)5-7-18-10-13/h11H,3-10H2,1-2H3. The van der Waals surface area contributed by atoms with Crippen molar-refractivity contribution in [3.63, 3.8) is 0 Å². The van der Waals surface area contributed by atoms with Crippen LogP contribution in [0.2, 0.25) is 0 Å². The second kappa shape index (κ2) is 6.26. The average molecular weight is 273 g/mol. The van der Waals surface area contributed by atoms with E-state index in [0.717, 1.165) is 38.2 Å². The zero-order valence-electron chi connectivity index (χ0n) is 11.3. The molecule has 2 atom stereocenters. The van der Waals surface area contributed by atoms with Gasteiger partial charge in [-0.25, -0.2) is 0 Å². The highest BCUT2D eigenvalue weighted by Gasteiger charge is 2.41. The number of esters is 1. The molecule has 0 aliphatic carbocycles. The lowest BCUT2D eigenvalue weighted by Crippen LogP contribution is -2.50. The van der Waals surface area contributed by atoms with E-state index in [0.29, 0.717) is 12.6 Å². The van der Waals surface area contributed by atoms with Crippen molar-refractivity contribution in [3.8, 4) is 0 Å². The molecule has 0 aromatic rings. The van der Waals surface area contributed by atoms with Crippen LogP contribution in [0.3, 0.4) is 0 Å². The fraction of sp³-hybridized carbons (Fsp3) is 0.923. The predicted octanol–water partition coefficient (Wildman–Crippen LogP) is 1.54. The molecule has 0 radical (unpaired) electrons. The van der Waals surface area contributed by atoms with Gasteiger partial charge >= 0.3 is 5.97 Å². The summed E-state index contributed by atoms with van der Waals surface area (Å²) in [4.78, 5) is 13.7. The van der Waals surface area contributed by atoms with Crippen LogP contribution in [0.4, 0.5) is 0 Å². The first-order chi connectivity index (χ1) is 8.69. The number of carbonyl (C=O) groups is 1. The van der Waals surface area contributed by atoms with Crippen LogP contribution in [-0.2, 0) is 14.3 Å². The molecular formula is C13H23NO3S. The van der Waals surface area contributed by atoms with Crippen molar-refractivity contribution in [1.82, 2.24) is 4.90 Å². The summed E-state index contributed by atoms with van der Waals surface area (Å²) in [5.41, 5.74) is 0.0805. The van der Waals surface area contributed by atoms with Crippen molar-refractivity contribution in [2.24, 2.45) is 0 Å². The molecule has 0 amide bonds. The molecule has 0 aromatic heterocycles. The van der Waals surface area contributed by atoms with Gasteiger partial charge in [-0.2, -0.15) is 11.8 Å². The molecule has 2 saturated heterocycles. The maximum Gasteiger partial charge on any atom is 0.319 e. The molecule has 2 fully saturated rings. The summed E-state index contributed by atoms with van der Waals surface area (Å²) < 4.78 is 10.8. The van der Waals surface area contributed by atoms with Crippen LogP contribution in [0.5, 0.6) is 0 Å². The largest absolute Gasteiger partial charge is 0.468 e. The number of likely N-dealkylation sites (N-methyl/N-ethyl adjacent to an activating group) is 1. The van der Waals surface area contributed by atoms with Crippen molar-refractivity contribution >= 4 is 17.7 Å². The van der Waals surface area contributed by atoms with Gasteiger partial charge in [0.05, 0.1) is 19.3 Å². The van der Waals surface area contributed by atoms with Crippen LogP contribution in [0.25, 0.3) is 0 Å². The van der Waals surface area contributed by atoms with E-state index in [9.17, 15) is 4.79 Å². The van der Waals surface area contributed by atoms with Gasteiger partial charge in [0.2, 0.25) is 0 Å². The molecule has 2 unspecified atom stereocenters. The van der Waals surface area contributed by atoms with E-state index in [1.165, 1.54) is 12.9 Å². The average Bonchev–Trinajstić information content (AvgIpc) is 2.83. The van der Waals surface area contributed by atoms with Crippen LogP contribution in [-0.4, -0.2) is 60.8 Å². The van der Waals surface area contributed by atoms with Crippen molar-refractivity contribution in [2.75, 3.05) is 38.3 Å². The summed E-state index contributed by atoms with van der Waals surface area (Å²) in [6, 6.07) is 0.460. The maximum absolute atomic E-state index is 11.4. The Labute approximate surface area is 113 Å². The van der Waals surface area contributed by atoms with Crippen LogP contribution < -0.4 is 0 Å². The first-order valence-corrected chi connectivity index (χ1v) is 7.87. The SMILES string of the molecule is CCN(CC(=O)OC)C1CCOC2(CCSC2)C1. The van der Waals surface area contributed by atoms with Crippen molar-refractivity contribution in [3.05, 3.63) is 0 Å². The van der Waals surface area contributed by atoms with E-state index in [1.54, 1.807) is 0 Å². The van der Waals surface area contributed by atoms with Crippen LogP contribution >= 0.6 is 11.8 Å². The quantitative estimate of drug-likeness (QED) is 0.727. The Kier molecular flexibility index (Phi) is 4.92. The molecule has 0 bridgehead atoms. The summed E-state index contributed by atoms with van der Waals surface area (Å²) in [5, 5.41) is 0. The third kappa shape index (κ3) is 3.19. The Bertz CT molecular complexity index is 292.